The quantitative estimate of drug-likeness (QED) is 0.610. The first-order valence-electron chi connectivity index (χ1n) is 6.39. The molecule has 1 rings (SSSR count). The maximum Gasteiger partial charge on any atom is 0.321 e. The van der Waals surface area contributed by atoms with Crippen LogP contribution in [0.2, 0.25) is 0 Å². The Morgan fingerprint density at radius 2 is 2.10 bits per heavy atom. The van der Waals surface area contributed by atoms with E-state index in [-0.39, 0.29) is 12.3 Å². The highest BCUT2D eigenvalue weighted by atomic mass is 16.6. The number of rotatable bonds is 6. The van der Waals surface area contributed by atoms with Gasteiger partial charge in [0.1, 0.15) is 5.75 Å². The minimum absolute atomic E-state index is 0.0225. The zero-order chi connectivity index (χ0) is 15.8. The number of aryl methyl sites for hydroxylation is 1. The van der Waals surface area contributed by atoms with Gasteiger partial charge in [0.15, 0.2) is 6.61 Å². The van der Waals surface area contributed by atoms with E-state index in [0.29, 0.717) is 17.9 Å². The van der Waals surface area contributed by atoms with Crippen molar-refractivity contribution in [3.63, 3.8) is 0 Å². The van der Waals surface area contributed by atoms with E-state index in [9.17, 15) is 19.7 Å². The van der Waals surface area contributed by atoms with Crippen LogP contribution in [0.4, 0.5) is 10.5 Å². The number of hydrogen-bond acceptors (Lipinski definition) is 5. The zero-order valence-corrected chi connectivity index (χ0v) is 11.8. The van der Waals surface area contributed by atoms with Crippen LogP contribution in [0.5, 0.6) is 5.75 Å². The van der Waals surface area contributed by atoms with Crippen LogP contribution >= 0.6 is 0 Å². The van der Waals surface area contributed by atoms with Gasteiger partial charge in [-0.05, 0) is 25.5 Å². The Morgan fingerprint density at radius 3 is 2.67 bits per heavy atom. The molecule has 0 unspecified atom stereocenters. The van der Waals surface area contributed by atoms with Gasteiger partial charge in [-0.2, -0.15) is 0 Å². The SMILES string of the molecule is CCCNC(=O)NC(=O)COc1ccc([N+](=O)[O-])c(C)c1. The van der Waals surface area contributed by atoms with Gasteiger partial charge in [0.25, 0.3) is 11.6 Å². The molecule has 0 aliphatic heterocycles. The lowest BCUT2D eigenvalue weighted by Gasteiger charge is -2.08. The summed E-state index contributed by atoms with van der Waals surface area (Å²) in [5, 5.41) is 15.3. The molecule has 2 N–H and O–H groups in total. The molecule has 8 nitrogen and oxygen atoms in total. The molecule has 0 aliphatic carbocycles. The Morgan fingerprint density at radius 1 is 1.38 bits per heavy atom. The van der Waals surface area contributed by atoms with Gasteiger partial charge >= 0.3 is 6.03 Å². The van der Waals surface area contributed by atoms with E-state index in [1.807, 2.05) is 6.92 Å². The summed E-state index contributed by atoms with van der Waals surface area (Å²) in [5.74, 6) is -0.276. The summed E-state index contributed by atoms with van der Waals surface area (Å²) in [6.07, 6.45) is 0.764. The van der Waals surface area contributed by atoms with Crippen LogP contribution in [0, 0.1) is 17.0 Å². The van der Waals surface area contributed by atoms with Gasteiger partial charge in [-0.25, -0.2) is 4.79 Å². The van der Waals surface area contributed by atoms with Crippen molar-refractivity contribution >= 4 is 17.6 Å². The van der Waals surface area contributed by atoms with Crippen LogP contribution < -0.4 is 15.4 Å². The van der Waals surface area contributed by atoms with E-state index in [1.165, 1.54) is 18.2 Å². The molecule has 0 radical (unpaired) electrons. The number of hydrogen-bond donors (Lipinski definition) is 2. The van der Waals surface area contributed by atoms with E-state index in [2.05, 4.69) is 10.6 Å². The largest absolute Gasteiger partial charge is 0.484 e. The van der Waals surface area contributed by atoms with Crippen molar-refractivity contribution in [1.82, 2.24) is 10.6 Å². The summed E-state index contributed by atoms with van der Waals surface area (Å²) in [6, 6.07) is 3.58. The predicted octanol–water partition coefficient (Wildman–Crippen LogP) is 1.52. The van der Waals surface area contributed by atoms with Crippen LogP contribution in [0.3, 0.4) is 0 Å². The third kappa shape index (κ3) is 5.47. The minimum Gasteiger partial charge on any atom is -0.484 e. The molecular weight excluding hydrogens is 278 g/mol. The van der Waals surface area contributed by atoms with Gasteiger partial charge in [-0.15, -0.1) is 0 Å². The summed E-state index contributed by atoms with van der Waals surface area (Å²) in [6.45, 7) is 3.59. The third-order valence-electron chi connectivity index (χ3n) is 2.52. The summed E-state index contributed by atoms with van der Waals surface area (Å²) >= 11 is 0. The molecule has 3 amide bonds. The van der Waals surface area contributed by atoms with Gasteiger partial charge < -0.3 is 10.1 Å². The van der Waals surface area contributed by atoms with Crippen LogP contribution in [-0.4, -0.2) is 30.0 Å². The highest BCUT2D eigenvalue weighted by Gasteiger charge is 2.12. The van der Waals surface area contributed by atoms with Crippen LogP contribution in [0.15, 0.2) is 18.2 Å². The molecule has 1 aromatic carbocycles. The lowest BCUT2D eigenvalue weighted by atomic mass is 10.2. The summed E-state index contributed by atoms with van der Waals surface area (Å²) in [5.41, 5.74) is 0.407. The number of carbonyl (C=O) groups excluding carboxylic acids is 2. The Balaban J connectivity index is 2.48. The van der Waals surface area contributed by atoms with Gasteiger partial charge in [0.2, 0.25) is 0 Å². The summed E-state index contributed by atoms with van der Waals surface area (Å²) in [4.78, 5) is 32.8. The second-order valence-electron chi connectivity index (χ2n) is 4.30. The summed E-state index contributed by atoms with van der Waals surface area (Å²) in [7, 11) is 0. The maximum absolute atomic E-state index is 11.4. The number of amides is 3. The summed E-state index contributed by atoms with van der Waals surface area (Å²) < 4.78 is 5.17. The lowest BCUT2D eigenvalue weighted by Crippen LogP contribution is -2.41. The monoisotopic (exact) mass is 295 g/mol. The lowest BCUT2D eigenvalue weighted by molar-refractivity contribution is -0.385. The Labute approximate surface area is 121 Å². The smallest absolute Gasteiger partial charge is 0.321 e. The Bertz CT molecular complexity index is 545. The predicted molar refractivity (Wildman–Crippen MR) is 75.2 cm³/mol. The Kier molecular flexibility index (Phi) is 6.12. The number of nitrogens with one attached hydrogen (secondary N) is 2. The average Bonchev–Trinajstić information content (AvgIpc) is 2.42. The van der Waals surface area contributed by atoms with Crippen molar-refractivity contribution in [2.75, 3.05) is 13.2 Å². The average molecular weight is 295 g/mol. The van der Waals surface area contributed by atoms with Gasteiger partial charge in [0.05, 0.1) is 4.92 Å². The van der Waals surface area contributed by atoms with Crippen molar-refractivity contribution in [1.29, 1.82) is 0 Å². The Hall–Kier alpha value is -2.64. The van der Waals surface area contributed by atoms with E-state index in [1.54, 1.807) is 6.92 Å². The van der Waals surface area contributed by atoms with Gasteiger partial charge in [-0.3, -0.25) is 20.2 Å². The number of nitrogens with zero attached hydrogens (tertiary/aromatic N) is 1. The molecule has 0 saturated carbocycles. The molecule has 114 valence electrons. The fraction of sp³-hybridized carbons (Fsp3) is 0.385. The van der Waals surface area contributed by atoms with E-state index < -0.39 is 16.9 Å². The fourth-order valence-corrected chi connectivity index (χ4v) is 1.52. The van der Waals surface area contributed by atoms with Crippen molar-refractivity contribution in [3.8, 4) is 5.75 Å². The third-order valence-corrected chi connectivity index (χ3v) is 2.52. The maximum atomic E-state index is 11.4. The number of benzene rings is 1. The molecule has 0 aliphatic rings. The number of carbonyl (C=O) groups is 2. The van der Waals surface area contributed by atoms with Crippen LogP contribution in [-0.2, 0) is 4.79 Å². The molecule has 0 spiro atoms. The van der Waals surface area contributed by atoms with Crippen molar-refractivity contribution in [2.24, 2.45) is 0 Å². The minimum atomic E-state index is -0.598. The number of nitro groups is 1. The topological polar surface area (TPSA) is 111 Å². The highest BCUT2D eigenvalue weighted by Crippen LogP contribution is 2.22. The molecule has 0 aromatic heterocycles. The van der Waals surface area contributed by atoms with Crippen molar-refractivity contribution in [2.45, 2.75) is 20.3 Å². The van der Waals surface area contributed by atoms with Crippen molar-refractivity contribution in [3.05, 3.63) is 33.9 Å². The molecule has 0 atom stereocenters. The van der Waals surface area contributed by atoms with Gasteiger partial charge in [-0.1, -0.05) is 6.92 Å². The standard InChI is InChI=1S/C13H17N3O5/c1-3-6-14-13(18)15-12(17)8-21-10-4-5-11(16(19)20)9(2)7-10/h4-5,7H,3,6,8H2,1-2H3,(H2,14,15,17,18). The molecule has 0 fully saturated rings. The van der Waals surface area contributed by atoms with E-state index in [4.69, 9.17) is 4.74 Å². The molecular formula is C13H17N3O5. The number of urea groups is 1. The van der Waals surface area contributed by atoms with Crippen molar-refractivity contribution < 1.29 is 19.2 Å². The first kappa shape index (κ1) is 16.4. The number of ether oxygens (including phenoxy) is 1. The van der Waals surface area contributed by atoms with Crippen LogP contribution in [0.25, 0.3) is 0 Å². The van der Waals surface area contributed by atoms with Crippen LogP contribution in [0.1, 0.15) is 18.9 Å². The molecule has 1 aromatic rings. The second kappa shape index (κ2) is 7.83. The van der Waals surface area contributed by atoms with E-state index >= 15 is 0 Å². The zero-order valence-electron chi connectivity index (χ0n) is 11.8. The van der Waals surface area contributed by atoms with E-state index in [0.717, 1.165) is 6.42 Å². The molecule has 0 saturated heterocycles. The first-order valence-corrected chi connectivity index (χ1v) is 6.39. The number of imide groups is 1. The molecule has 0 heterocycles. The van der Waals surface area contributed by atoms with Gasteiger partial charge in [0, 0.05) is 18.2 Å². The normalized spacial score (nSPS) is 9.81. The fourth-order valence-electron chi connectivity index (χ4n) is 1.52. The number of nitro benzene ring substituents is 1. The molecule has 21 heavy (non-hydrogen) atoms. The second-order valence-corrected chi connectivity index (χ2v) is 4.30. The molecule has 0 bridgehead atoms. The molecule has 8 heteroatoms. The highest BCUT2D eigenvalue weighted by molar-refractivity contribution is 5.94. The first-order chi connectivity index (χ1) is 9.93.